The summed E-state index contributed by atoms with van der Waals surface area (Å²) in [6, 6.07) is 0. The van der Waals surface area contributed by atoms with E-state index in [1.54, 1.807) is 0 Å². The normalized spacial score (nSPS) is 42.8. The van der Waals surface area contributed by atoms with E-state index in [2.05, 4.69) is 27.7 Å². The van der Waals surface area contributed by atoms with Crippen LogP contribution in [0.25, 0.3) is 0 Å². The molecule has 4 atom stereocenters. The van der Waals surface area contributed by atoms with Gasteiger partial charge in [-0.1, -0.05) is 53.4 Å². The van der Waals surface area contributed by atoms with Crippen molar-refractivity contribution < 1.29 is 5.11 Å². The molecule has 0 heterocycles. The van der Waals surface area contributed by atoms with E-state index in [9.17, 15) is 5.11 Å². The molecule has 1 N–H and O–H groups in total. The lowest BCUT2D eigenvalue weighted by Gasteiger charge is -2.52. The molecule has 1 heteroatoms. The Hall–Kier alpha value is -0.0400. The molecule has 2 rings (SSSR count). The summed E-state index contributed by atoms with van der Waals surface area (Å²) in [5.41, 5.74) is -0.124. The highest BCUT2D eigenvalue weighted by Gasteiger charge is 2.49. The third-order valence-corrected chi connectivity index (χ3v) is 5.61. The van der Waals surface area contributed by atoms with Crippen LogP contribution >= 0.6 is 0 Å². The Labute approximate surface area is 113 Å². The quantitative estimate of drug-likeness (QED) is 0.712. The minimum Gasteiger partial charge on any atom is -0.389 e. The molecule has 2 aliphatic rings. The molecule has 0 bridgehead atoms. The maximum absolute atomic E-state index is 11.4. The van der Waals surface area contributed by atoms with E-state index < -0.39 is 0 Å². The first-order valence-electron chi connectivity index (χ1n) is 8.06. The first-order valence-corrected chi connectivity index (χ1v) is 8.06. The average molecular weight is 252 g/mol. The molecule has 2 saturated carbocycles. The summed E-state index contributed by atoms with van der Waals surface area (Å²) in [5, 5.41) is 11.4. The molecule has 0 aliphatic heterocycles. The van der Waals surface area contributed by atoms with Crippen LogP contribution in [-0.2, 0) is 0 Å². The van der Waals surface area contributed by atoms with Gasteiger partial charge in [-0.2, -0.15) is 0 Å². The lowest BCUT2D eigenvalue weighted by molar-refractivity contribution is -0.140. The van der Waals surface area contributed by atoms with Crippen LogP contribution < -0.4 is 0 Å². The fourth-order valence-corrected chi connectivity index (χ4v) is 4.74. The van der Waals surface area contributed by atoms with Gasteiger partial charge in [0.25, 0.3) is 0 Å². The molecule has 2 fully saturated rings. The van der Waals surface area contributed by atoms with Crippen LogP contribution in [0.1, 0.15) is 79.1 Å². The van der Waals surface area contributed by atoms with Gasteiger partial charge in [0.2, 0.25) is 0 Å². The van der Waals surface area contributed by atoms with Crippen LogP contribution in [0.2, 0.25) is 0 Å². The number of hydrogen-bond acceptors (Lipinski definition) is 1. The van der Waals surface area contributed by atoms with Crippen LogP contribution in [-0.4, -0.2) is 10.7 Å². The Morgan fingerprint density at radius 3 is 2.33 bits per heavy atom. The first kappa shape index (κ1) is 14.4. The number of aliphatic hydroxyl groups is 1. The third-order valence-electron chi connectivity index (χ3n) is 5.61. The molecule has 0 aromatic carbocycles. The van der Waals surface area contributed by atoms with Crippen molar-refractivity contribution in [1.29, 1.82) is 0 Å². The molecule has 18 heavy (non-hydrogen) atoms. The highest BCUT2D eigenvalue weighted by atomic mass is 16.3. The van der Waals surface area contributed by atoms with Crippen molar-refractivity contribution in [3.63, 3.8) is 0 Å². The predicted octanol–water partition coefficient (Wildman–Crippen LogP) is 4.78. The summed E-state index contributed by atoms with van der Waals surface area (Å²) in [7, 11) is 0. The molecule has 0 amide bonds. The summed E-state index contributed by atoms with van der Waals surface area (Å²) in [5.74, 6) is 1.87. The van der Waals surface area contributed by atoms with E-state index in [0.29, 0.717) is 11.8 Å². The molecule has 0 saturated heterocycles. The Balaban J connectivity index is 2.19. The van der Waals surface area contributed by atoms with E-state index in [1.165, 1.54) is 44.9 Å². The number of rotatable bonds is 1. The second-order valence-electron chi connectivity index (χ2n) is 8.12. The Morgan fingerprint density at radius 1 is 1.00 bits per heavy atom. The fourth-order valence-electron chi connectivity index (χ4n) is 4.74. The van der Waals surface area contributed by atoms with Crippen molar-refractivity contribution in [1.82, 2.24) is 0 Å². The van der Waals surface area contributed by atoms with Gasteiger partial charge in [0, 0.05) is 0 Å². The molecule has 0 aromatic heterocycles. The Bertz CT molecular complexity index is 278. The van der Waals surface area contributed by atoms with Crippen LogP contribution in [0.4, 0.5) is 0 Å². The summed E-state index contributed by atoms with van der Waals surface area (Å²) < 4.78 is 0. The average Bonchev–Trinajstić information content (AvgIpc) is 2.28. The molecular formula is C17H32O. The van der Waals surface area contributed by atoms with E-state index in [-0.39, 0.29) is 11.0 Å². The van der Waals surface area contributed by atoms with E-state index in [4.69, 9.17) is 0 Å². The van der Waals surface area contributed by atoms with Gasteiger partial charge in [0.1, 0.15) is 0 Å². The molecule has 1 nitrogen and oxygen atoms in total. The molecule has 106 valence electrons. The molecule has 0 aromatic rings. The smallest absolute Gasteiger partial charge is 0.0708 e. The standard InChI is InChI=1S/C17H32O/c1-13-8-7-9-14(12-13)17(18)11-6-5-10-15(17)16(2,3)4/h13-15,18H,5-12H2,1-4H3. The van der Waals surface area contributed by atoms with Crippen molar-refractivity contribution >= 4 is 0 Å². The van der Waals surface area contributed by atoms with Crippen LogP contribution in [0.3, 0.4) is 0 Å². The zero-order valence-corrected chi connectivity index (χ0v) is 12.8. The van der Waals surface area contributed by atoms with Crippen LogP contribution in [0.5, 0.6) is 0 Å². The van der Waals surface area contributed by atoms with Gasteiger partial charge >= 0.3 is 0 Å². The topological polar surface area (TPSA) is 20.2 Å². The van der Waals surface area contributed by atoms with Gasteiger partial charge in [-0.15, -0.1) is 0 Å². The maximum Gasteiger partial charge on any atom is 0.0708 e. The van der Waals surface area contributed by atoms with Gasteiger partial charge in [-0.3, -0.25) is 0 Å². The molecule has 4 unspecified atom stereocenters. The van der Waals surface area contributed by atoms with E-state index >= 15 is 0 Å². The van der Waals surface area contributed by atoms with Gasteiger partial charge in [0.05, 0.1) is 5.60 Å². The molecule has 0 spiro atoms. The highest BCUT2D eigenvalue weighted by molar-refractivity contribution is 5.00. The van der Waals surface area contributed by atoms with Crippen molar-refractivity contribution in [3.05, 3.63) is 0 Å². The molecule has 2 aliphatic carbocycles. The monoisotopic (exact) mass is 252 g/mol. The third kappa shape index (κ3) is 2.76. The van der Waals surface area contributed by atoms with Crippen molar-refractivity contribution in [3.8, 4) is 0 Å². The van der Waals surface area contributed by atoms with Crippen molar-refractivity contribution in [2.45, 2.75) is 84.7 Å². The van der Waals surface area contributed by atoms with Gasteiger partial charge in [0.15, 0.2) is 0 Å². The van der Waals surface area contributed by atoms with Gasteiger partial charge < -0.3 is 5.11 Å². The summed E-state index contributed by atoms with van der Waals surface area (Å²) >= 11 is 0. The summed E-state index contributed by atoms with van der Waals surface area (Å²) in [6.07, 6.45) is 10.0. The fraction of sp³-hybridized carbons (Fsp3) is 1.00. The molecule has 0 radical (unpaired) electrons. The minimum absolute atomic E-state index is 0.246. The highest BCUT2D eigenvalue weighted by Crippen LogP contribution is 2.51. The lowest BCUT2D eigenvalue weighted by atomic mass is 9.57. The maximum atomic E-state index is 11.4. The Kier molecular flexibility index (Phi) is 4.11. The number of hydrogen-bond donors (Lipinski definition) is 1. The van der Waals surface area contributed by atoms with Crippen molar-refractivity contribution in [2.75, 3.05) is 0 Å². The molecular weight excluding hydrogens is 220 g/mol. The minimum atomic E-state index is -0.370. The van der Waals surface area contributed by atoms with Crippen LogP contribution in [0.15, 0.2) is 0 Å². The Morgan fingerprint density at radius 2 is 1.72 bits per heavy atom. The largest absolute Gasteiger partial charge is 0.389 e. The van der Waals surface area contributed by atoms with Gasteiger partial charge in [-0.25, -0.2) is 0 Å². The summed E-state index contributed by atoms with van der Waals surface area (Å²) in [4.78, 5) is 0. The second kappa shape index (κ2) is 5.15. The zero-order chi connectivity index (χ0) is 13.4. The van der Waals surface area contributed by atoms with E-state index in [1.807, 2.05) is 0 Å². The predicted molar refractivity (Wildman–Crippen MR) is 77.5 cm³/mol. The van der Waals surface area contributed by atoms with Crippen molar-refractivity contribution in [2.24, 2.45) is 23.2 Å². The SMILES string of the molecule is CC1CCCC(C2(O)CCCCC2C(C)(C)C)C1. The van der Waals surface area contributed by atoms with Gasteiger partial charge in [-0.05, 0) is 48.9 Å². The lowest BCUT2D eigenvalue weighted by Crippen LogP contribution is -2.53. The zero-order valence-electron chi connectivity index (χ0n) is 12.8. The van der Waals surface area contributed by atoms with Crippen LogP contribution in [0, 0.1) is 23.2 Å². The first-order chi connectivity index (χ1) is 8.34. The summed E-state index contributed by atoms with van der Waals surface area (Å²) in [6.45, 7) is 9.32. The van der Waals surface area contributed by atoms with E-state index in [0.717, 1.165) is 12.3 Å². The second-order valence-corrected chi connectivity index (χ2v) is 8.12.